The number of rotatable bonds is 4. The Balaban J connectivity index is 1.41. The number of pyridine rings is 1. The van der Waals surface area contributed by atoms with Crippen molar-refractivity contribution < 1.29 is 5.11 Å². The Kier molecular flexibility index (Phi) is 4.41. The zero-order chi connectivity index (χ0) is 22.5. The highest BCUT2D eigenvalue weighted by molar-refractivity contribution is 5.86. The van der Waals surface area contributed by atoms with Gasteiger partial charge in [0.25, 0.3) is 5.56 Å². The van der Waals surface area contributed by atoms with Crippen LogP contribution in [-0.4, -0.2) is 35.7 Å². The minimum absolute atomic E-state index is 0.234. The van der Waals surface area contributed by atoms with Crippen molar-refractivity contribution >= 4 is 16.7 Å². The van der Waals surface area contributed by atoms with Gasteiger partial charge in [0.05, 0.1) is 35.2 Å². The SMILES string of the molecule is Cc1cc(-n2ccnc2)cc2[nH]c(-c3c(N[C@@H]4Cc5ccccc5[C@@H]4O)cc[nH]c3=O)nc12. The number of aryl methyl sites for hydroxylation is 1. The largest absolute Gasteiger partial charge is 0.386 e. The van der Waals surface area contributed by atoms with Crippen molar-refractivity contribution in [2.45, 2.75) is 25.5 Å². The first-order chi connectivity index (χ1) is 16.1. The van der Waals surface area contributed by atoms with E-state index in [1.807, 2.05) is 60.2 Å². The maximum absolute atomic E-state index is 12.9. The molecular formula is C25H22N6O2. The summed E-state index contributed by atoms with van der Waals surface area (Å²) >= 11 is 0. The van der Waals surface area contributed by atoms with Gasteiger partial charge in [0.15, 0.2) is 0 Å². The summed E-state index contributed by atoms with van der Waals surface area (Å²) in [6.07, 6.45) is 6.99. The normalized spacial score (nSPS) is 17.4. The van der Waals surface area contributed by atoms with E-state index in [1.165, 1.54) is 0 Å². The molecule has 1 aliphatic rings. The Bertz CT molecular complexity index is 1530. The van der Waals surface area contributed by atoms with Gasteiger partial charge in [0, 0.05) is 24.3 Å². The highest BCUT2D eigenvalue weighted by Gasteiger charge is 2.31. The standard InChI is InChI=1S/C25H22N6O2/c1-14-10-16(31-9-8-26-13-31)12-19-22(14)30-24(29-19)21-18(6-7-27-25(21)33)28-20-11-15-4-2-3-5-17(15)23(20)32/h2-10,12-13,20,23,32H,11H2,1H3,(H,29,30)(H2,27,28,33)/t20-,23+/m1/s1. The predicted molar refractivity (Wildman–Crippen MR) is 127 cm³/mol. The van der Waals surface area contributed by atoms with Gasteiger partial charge in [-0.2, -0.15) is 0 Å². The summed E-state index contributed by atoms with van der Waals surface area (Å²) in [6, 6.07) is 13.5. The lowest BCUT2D eigenvalue weighted by Gasteiger charge is -2.19. The van der Waals surface area contributed by atoms with E-state index >= 15 is 0 Å². The highest BCUT2D eigenvalue weighted by Crippen LogP contribution is 2.35. The molecule has 33 heavy (non-hydrogen) atoms. The number of aliphatic hydroxyl groups excluding tert-OH is 1. The minimum atomic E-state index is -0.649. The number of fused-ring (bicyclic) bond motifs is 2. The lowest BCUT2D eigenvalue weighted by atomic mass is 10.1. The summed E-state index contributed by atoms with van der Waals surface area (Å²) in [4.78, 5) is 27.8. The first-order valence-electron chi connectivity index (χ1n) is 10.8. The van der Waals surface area contributed by atoms with Crippen LogP contribution < -0.4 is 10.9 Å². The van der Waals surface area contributed by atoms with E-state index < -0.39 is 6.10 Å². The molecule has 0 spiro atoms. The molecule has 164 valence electrons. The molecule has 0 radical (unpaired) electrons. The number of hydrogen-bond donors (Lipinski definition) is 4. The fourth-order valence-corrected chi connectivity index (χ4v) is 4.69. The second-order valence-electron chi connectivity index (χ2n) is 8.41. The van der Waals surface area contributed by atoms with Crippen molar-refractivity contribution in [3.63, 3.8) is 0 Å². The molecule has 8 heteroatoms. The molecule has 8 nitrogen and oxygen atoms in total. The molecule has 0 unspecified atom stereocenters. The summed E-state index contributed by atoms with van der Waals surface area (Å²) in [5.74, 6) is 0.477. The van der Waals surface area contributed by atoms with Gasteiger partial charge in [0.1, 0.15) is 11.4 Å². The smallest absolute Gasteiger partial charge is 0.261 e. The van der Waals surface area contributed by atoms with Crippen molar-refractivity contribution in [3.8, 4) is 17.1 Å². The Morgan fingerprint density at radius 1 is 1.21 bits per heavy atom. The summed E-state index contributed by atoms with van der Waals surface area (Å²) < 4.78 is 1.93. The molecule has 0 saturated heterocycles. The fraction of sp³-hybridized carbons (Fsp3) is 0.160. The minimum Gasteiger partial charge on any atom is -0.386 e. The van der Waals surface area contributed by atoms with E-state index in [0.29, 0.717) is 23.5 Å². The van der Waals surface area contributed by atoms with Crippen molar-refractivity contribution in [1.82, 2.24) is 24.5 Å². The molecule has 0 bridgehead atoms. The van der Waals surface area contributed by atoms with Gasteiger partial charge in [-0.1, -0.05) is 24.3 Å². The molecule has 2 atom stereocenters. The van der Waals surface area contributed by atoms with E-state index in [2.05, 4.69) is 20.3 Å². The van der Waals surface area contributed by atoms with Crippen LogP contribution in [-0.2, 0) is 6.42 Å². The highest BCUT2D eigenvalue weighted by atomic mass is 16.3. The van der Waals surface area contributed by atoms with Crippen molar-refractivity contribution in [2.75, 3.05) is 5.32 Å². The Morgan fingerprint density at radius 2 is 2.09 bits per heavy atom. The number of benzene rings is 2. The predicted octanol–water partition coefficient (Wildman–Crippen LogP) is 3.48. The van der Waals surface area contributed by atoms with Gasteiger partial charge in [-0.15, -0.1) is 0 Å². The summed E-state index contributed by atoms with van der Waals surface area (Å²) in [5, 5.41) is 14.2. The lowest BCUT2D eigenvalue weighted by Crippen LogP contribution is -2.26. The third kappa shape index (κ3) is 3.23. The monoisotopic (exact) mass is 438 g/mol. The second kappa shape index (κ2) is 7.46. The van der Waals surface area contributed by atoms with Crippen LogP contribution in [0.15, 0.2) is 72.2 Å². The average Bonchev–Trinajstić information content (AvgIpc) is 3.54. The van der Waals surface area contributed by atoms with Crippen LogP contribution in [0.2, 0.25) is 0 Å². The van der Waals surface area contributed by atoms with Gasteiger partial charge >= 0.3 is 0 Å². The fourth-order valence-electron chi connectivity index (χ4n) is 4.69. The quantitative estimate of drug-likeness (QED) is 0.343. The molecule has 0 fully saturated rings. The maximum atomic E-state index is 12.9. The molecule has 4 N–H and O–H groups in total. The van der Waals surface area contributed by atoms with Gasteiger partial charge in [-0.05, 0) is 48.2 Å². The van der Waals surface area contributed by atoms with E-state index in [0.717, 1.165) is 33.4 Å². The van der Waals surface area contributed by atoms with Crippen LogP contribution in [0, 0.1) is 6.92 Å². The van der Waals surface area contributed by atoms with E-state index in [4.69, 9.17) is 4.98 Å². The Hall–Kier alpha value is -4.17. The summed E-state index contributed by atoms with van der Waals surface area (Å²) in [5.41, 5.74) is 6.40. The molecule has 3 heterocycles. The molecule has 2 aromatic carbocycles. The van der Waals surface area contributed by atoms with E-state index in [-0.39, 0.29) is 11.6 Å². The topological polar surface area (TPSA) is 112 Å². The van der Waals surface area contributed by atoms with Gasteiger partial charge < -0.3 is 25.0 Å². The van der Waals surface area contributed by atoms with Crippen molar-refractivity contribution in [2.24, 2.45) is 0 Å². The van der Waals surface area contributed by atoms with Gasteiger partial charge in [-0.25, -0.2) is 9.97 Å². The molecule has 0 amide bonds. The third-order valence-corrected chi connectivity index (χ3v) is 6.30. The van der Waals surface area contributed by atoms with E-state index in [1.54, 1.807) is 18.7 Å². The maximum Gasteiger partial charge on any atom is 0.261 e. The molecule has 5 aromatic rings. The molecule has 0 saturated carbocycles. The zero-order valence-electron chi connectivity index (χ0n) is 17.9. The van der Waals surface area contributed by atoms with Crippen LogP contribution in [0.3, 0.4) is 0 Å². The van der Waals surface area contributed by atoms with Crippen LogP contribution in [0.5, 0.6) is 0 Å². The summed E-state index contributed by atoms with van der Waals surface area (Å²) in [6.45, 7) is 1.99. The Morgan fingerprint density at radius 3 is 2.91 bits per heavy atom. The van der Waals surface area contributed by atoms with Crippen molar-refractivity contribution in [1.29, 1.82) is 0 Å². The first kappa shape index (κ1) is 19.5. The second-order valence-corrected chi connectivity index (χ2v) is 8.41. The average molecular weight is 438 g/mol. The Labute approximate surface area is 189 Å². The number of hydrogen-bond acceptors (Lipinski definition) is 5. The lowest BCUT2D eigenvalue weighted by molar-refractivity contribution is 0.167. The zero-order valence-corrected chi connectivity index (χ0v) is 17.9. The molecule has 0 aliphatic heterocycles. The van der Waals surface area contributed by atoms with Crippen molar-refractivity contribution in [3.05, 3.63) is 94.4 Å². The number of aliphatic hydroxyl groups is 1. The van der Waals surface area contributed by atoms with Crippen LogP contribution in [0.1, 0.15) is 22.8 Å². The van der Waals surface area contributed by atoms with Crippen LogP contribution in [0.4, 0.5) is 5.69 Å². The first-order valence-corrected chi connectivity index (χ1v) is 10.8. The van der Waals surface area contributed by atoms with Crippen LogP contribution in [0.25, 0.3) is 28.1 Å². The third-order valence-electron chi connectivity index (χ3n) is 6.30. The number of aromatic nitrogens is 5. The molecule has 3 aromatic heterocycles. The molecule has 6 rings (SSSR count). The number of nitrogens with one attached hydrogen (secondary N) is 3. The molecular weight excluding hydrogens is 416 g/mol. The summed E-state index contributed by atoms with van der Waals surface area (Å²) in [7, 11) is 0. The number of anilines is 1. The van der Waals surface area contributed by atoms with E-state index in [9.17, 15) is 9.90 Å². The van der Waals surface area contributed by atoms with Gasteiger partial charge in [0.2, 0.25) is 0 Å². The molecule has 1 aliphatic carbocycles. The number of imidazole rings is 2. The number of H-pyrrole nitrogens is 2. The van der Waals surface area contributed by atoms with Crippen LogP contribution >= 0.6 is 0 Å². The number of aromatic amines is 2. The number of nitrogens with zero attached hydrogens (tertiary/aromatic N) is 3. The van der Waals surface area contributed by atoms with Gasteiger partial charge in [-0.3, -0.25) is 4.79 Å².